The molecule has 0 radical (unpaired) electrons. The fourth-order valence-electron chi connectivity index (χ4n) is 1.86. The first-order valence-electron chi connectivity index (χ1n) is 8.94. The van der Waals surface area contributed by atoms with Crippen molar-refractivity contribution in [2.75, 3.05) is 0 Å². The van der Waals surface area contributed by atoms with E-state index in [4.69, 9.17) is 0 Å². The number of allylic oxidation sites excluding steroid dienone is 14. The largest absolute Gasteiger partial charge is 0.303 e. The van der Waals surface area contributed by atoms with Gasteiger partial charge in [-0.1, -0.05) is 79.8 Å². The Kier molecular flexibility index (Phi) is 16.6. The van der Waals surface area contributed by atoms with Crippen LogP contribution in [0.15, 0.2) is 84.7 Å². The maximum atomic E-state index is 10.8. The second-order valence-corrected chi connectivity index (χ2v) is 5.34. The predicted molar refractivity (Wildman–Crippen MR) is 109 cm³/mol. The molecule has 26 heavy (non-hydrogen) atoms. The molecule has 0 heterocycles. The van der Waals surface area contributed by atoms with Crippen LogP contribution < -0.4 is 0 Å². The summed E-state index contributed by atoms with van der Waals surface area (Å²) in [6, 6.07) is 0. The number of rotatable bonds is 14. The number of aldehydes is 1. The van der Waals surface area contributed by atoms with Gasteiger partial charge in [-0.3, -0.25) is 10.1 Å². The summed E-state index contributed by atoms with van der Waals surface area (Å²) in [4.78, 5) is 20.6. The highest BCUT2D eigenvalue weighted by molar-refractivity contribution is 5.49. The van der Waals surface area contributed by atoms with Crippen LogP contribution in [0.1, 0.15) is 45.4 Å². The Morgan fingerprint density at radius 2 is 1.35 bits per heavy atom. The normalized spacial score (nSPS) is 13.5. The zero-order chi connectivity index (χ0) is 19.3. The maximum Gasteiger partial charge on any atom is 0.243 e. The van der Waals surface area contributed by atoms with Gasteiger partial charge in [-0.15, -0.1) is 0 Å². The molecule has 0 atom stereocenters. The van der Waals surface area contributed by atoms with E-state index in [9.17, 15) is 14.9 Å². The summed E-state index contributed by atoms with van der Waals surface area (Å²) in [6.45, 7) is 2.13. The van der Waals surface area contributed by atoms with Crippen molar-refractivity contribution in [2.45, 2.75) is 45.4 Å². The molecular formula is C22H29NO3. The second kappa shape index (κ2) is 18.6. The molecule has 0 aliphatic rings. The Labute approximate surface area is 156 Å². The van der Waals surface area contributed by atoms with Crippen molar-refractivity contribution in [3.05, 3.63) is 94.8 Å². The van der Waals surface area contributed by atoms with Crippen LogP contribution in [0.5, 0.6) is 0 Å². The minimum absolute atomic E-state index is 0.0891. The summed E-state index contributed by atoms with van der Waals surface area (Å²) < 4.78 is 0. The number of hydrogen-bond donors (Lipinski definition) is 0. The van der Waals surface area contributed by atoms with Gasteiger partial charge in [0.15, 0.2) is 0 Å². The predicted octanol–water partition coefficient (Wildman–Crippen LogP) is 6.04. The molecule has 0 aromatic rings. The number of nitro groups is 1. The minimum atomic E-state index is -0.431. The Morgan fingerprint density at radius 1 is 0.808 bits per heavy atom. The molecule has 0 fully saturated rings. The van der Waals surface area contributed by atoms with Crippen LogP contribution in [0.3, 0.4) is 0 Å². The van der Waals surface area contributed by atoms with E-state index in [0.29, 0.717) is 12.7 Å². The van der Waals surface area contributed by atoms with E-state index in [0.717, 1.165) is 19.3 Å². The first-order valence-corrected chi connectivity index (χ1v) is 8.94. The molecule has 4 heteroatoms. The molecule has 0 saturated heterocycles. The fourth-order valence-corrected chi connectivity index (χ4v) is 1.86. The summed E-state index contributed by atoms with van der Waals surface area (Å²) in [5, 5.41) is 10.8. The monoisotopic (exact) mass is 355 g/mol. The van der Waals surface area contributed by atoms with Crippen molar-refractivity contribution in [1.82, 2.24) is 0 Å². The lowest BCUT2D eigenvalue weighted by molar-refractivity contribution is -0.428. The summed E-state index contributed by atoms with van der Waals surface area (Å²) in [5.74, 6) is 0. The van der Waals surface area contributed by atoms with Gasteiger partial charge in [0.2, 0.25) is 5.70 Å². The average molecular weight is 355 g/mol. The Hall–Kier alpha value is -2.75. The van der Waals surface area contributed by atoms with Crippen LogP contribution in [-0.2, 0) is 4.79 Å². The quantitative estimate of drug-likeness (QED) is 0.125. The Balaban J connectivity index is 3.99. The molecule has 0 aliphatic carbocycles. The van der Waals surface area contributed by atoms with Crippen molar-refractivity contribution < 1.29 is 9.72 Å². The fraction of sp³-hybridized carbons (Fsp3) is 0.318. The van der Waals surface area contributed by atoms with Gasteiger partial charge in [-0.25, -0.2) is 0 Å². The third-order valence-corrected chi connectivity index (χ3v) is 3.18. The molecule has 0 N–H and O–H groups in total. The molecule has 0 unspecified atom stereocenters. The van der Waals surface area contributed by atoms with Gasteiger partial charge in [0.25, 0.3) is 0 Å². The van der Waals surface area contributed by atoms with E-state index >= 15 is 0 Å². The van der Waals surface area contributed by atoms with Crippen molar-refractivity contribution in [3.63, 3.8) is 0 Å². The van der Waals surface area contributed by atoms with Gasteiger partial charge in [0, 0.05) is 12.8 Å². The molecule has 0 rings (SSSR count). The van der Waals surface area contributed by atoms with E-state index < -0.39 is 4.92 Å². The summed E-state index contributed by atoms with van der Waals surface area (Å²) in [5.41, 5.74) is 0.0891. The SMILES string of the molecule is CC/C=C\C/C=C\C\C=C/C=C\C=C/C=C\C/C=C(\CCC=O)[N+](=O)[O-]. The topological polar surface area (TPSA) is 60.2 Å². The van der Waals surface area contributed by atoms with Crippen LogP contribution in [0.2, 0.25) is 0 Å². The van der Waals surface area contributed by atoms with Crippen LogP contribution in [0.4, 0.5) is 0 Å². The summed E-state index contributed by atoms with van der Waals surface area (Å²) in [6.07, 6.45) is 30.1. The van der Waals surface area contributed by atoms with Crippen molar-refractivity contribution in [1.29, 1.82) is 0 Å². The maximum absolute atomic E-state index is 10.8. The van der Waals surface area contributed by atoms with E-state index in [2.05, 4.69) is 37.3 Å². The summed E-state index contributed by atoms with van der Waals surface area (Å²) in [7, 11) is 0. The highest BCUT2D eigenvalue weighted by Crippen LogP contribution is 2.06. The van der Waals surface area contributed by atoms with Crippen molar-refractivity contribution in [2.24, 2.45) is 0 Å². The average Bonchev–Trinajstić information content (AvgIpc) is 2.63. The van der Waals surface area contributed by atoms with E-state index in [1.54, 1.807) is 0 Å². The van der Waals surface area contributed by atoms with Gasteiger partial charge in [0.05, 0.1) is 4.92 Å². The number of carbonyl (C=O) groups is 1. The lowest BCUT2D eigenvalue weighted by Crippen LogP contribution is -1.98. The molecular weight excluding hydrogens is 326 g/mol. The zero-order valence-electron chi connectivity index (χ0n) is 15.5. The van der Waals surface area contributed by atoms with Crippen LogP contribution >= 0.6 is 0 Å². The van der Waals surface area contributed by atoms with E-state index in [-0.39, 0.29) is 18.5 Å². The second-order valence-electron chi connectivity index (χ2n) is 5.34. The highest BCUT2D eigenvalue weighted by Gasteiger charge is 2.07. The van der Waals surface area contributed by atoms with Crippen LogP contribution in [0.25, 0.3) is 0 Å². The molecule has 0 spiro atoms. The van der Waals surface area contributed by atoms with Crippen LogP contribution in [-0.4, -0.2) is 11.2 Å². The lowest BCUT2D eigenvalue weighted by Gasteiger charge is -1.93. The van der Waals surface area contributed by atoms with Crippen LogP contribution in [0, 0.1) is 10.1 Å². The standard InChI is InChI=1S/C22H29NO3/c1-2-3-4-5-6-7-8-9-10-11-12-13-14-15-16-17-19-22(23(25)26)20-18-21-24/h3-4,6-7,9-16,19,21H,2,5,8,17-18,20H2,1H3/b4-3-,7-6-,10-9-,12-11-,14-13-,16-15-,22-19+. The van der Waals surface area contributed by atoms with Crippen molar-refractivity contribution >= 4 is 6.29 Å². The Morgan fingerprint density at radius 3 is 1.92 bits per heavy atom. The van der Waals surface area contributed by atoms with Crippen molar-refractivity contribution in [3.8, 4) is 0 Å². The van der Waals surface area contributed by atoms with E-state index in [1.807, 2.05) is 42.5 Å². The third-order valence-electron chi connectivity index (χ3n) is 3.18. The molecule has 0 bridgehead atoms. The van der Waals surface area contributed by atoms with E-state index in [1.165, 1.54) is 6.08 Å². The lowest BCUT2D eigenvalue weighted by atomic mass is 10.2. The zero-order valence-corrected chi connectivity index (χ0v) is 15.5. The minimum Gasteiger partial charge on any atom is -0.303 e. The first-order chi connectivity index (χ1) is 12.7. The number of carbonyl (C=O) groups excluding carboxylic acids is 1. The summed E-state index contributed by atoms with van der Waals surface area (Å²) >= 11 is 0. The van der Waals surface area contributed by atoms with Gasteiger partial charge < -0.3 is 4.79 Å². The molecule has 0 aliphatic heterocycles. The molecule has 0 saturated carbocycles. The molecule has 140 valence electrons. The Bertz CT molecular complexity index is 591. The number of hydrogen-bond acceptors (Lipinski definition) is 3. The first kappa shape index (κ1) is 23.2. The van der Waals surface area contributed by atoms with Gasteiger partial charge in [-0.05, 0) is 31.8 Å². The number of nitrogens with zero attached hydrogens (tertiary/aromatic N) is 1. The molecule has 0 aromatic carbocycles. The molecule has 0 amide bonds. The van der Waals surface area contributed by atoms with Gasteiger partial charge >= 0.3 is 0 Å². The smallest absolute Gasteiger partial charge is 0.243 e. The van der Waals surface area contributed by atoms with Gasteiger partial charge in [0.1, 0.15) is 6.29 Å². The van der Waals surface area contributed by atoms with Gasteiger partial charge in [-0.2, -0.15) is 0 Å². The molecule has 0 aromatic heterocycles. The third kappa shape index (κ3) is 16.1. The highest BCUT2D eigenvalue weighted by atomic mass is 16.6. The molecule has 4 nitrogen and oxygen atoms in total.